The van der Waals surface area contributed by atoms with Crippen molar-refractivity contribution in [1.82, 2.24) is 0 Å². The molecule has 0 saturated heterocycles. The zero-order chi connectivity index (χ0) is 54.6. The molecule has 0 atom stereocenters. The van der Waals surface area contributed by atoms with Gasteiger partial charge in [0.2, 0.25) is 0 Å². The molecule has 0 N–H and O–H groups in total. The Morgan fingerprint density at radius 1 is 0.571 bits per heavy atom. The van der Waals surface area contributed by atoms with Crippen LogP contribution in [0.1, 0.15) is 73.4 Å². The molecule has 13 heteroatoms. The number of benzene rings is 8. The van der Waals surface area contributed by atoms with Crippen molar-refractivity contribution >= 4 is 180 Å². The van der Waals surface area contributed by atoms with Crippen molar-refractivity contribution < 1.29 is 4.42 Å². The Hall–Kier alpha value is -6.98. The number of hydrogen-bond acceptors (Lipinski definition) is 4. The van der Waals surface area contributed by atoms with Crippen LogP contribution in [-0.2, 0) is 10.8 Å². The maximum Gasteiger partial charge on any atom is 0.252 e. The Labute approximate surface area is 466 Å². The summed E-state index contributed by atoms with van der Waals surface area (Å²) in [5.74, 6) is 1.67. The molecule has 0 saturated carbocycles. The number of rotatable bonds is 9. The van der Waals surface area contributed by atoms with E-state index in [4.69, 9.17) is 59.3 Å². The van der Waals surface area contributed by atoms with Crippen LogP contribution in [0.2, 0.25) is 0 Å². The van der Waals surface area contributed by atoms with Gasteiger partial charge in [-0.05, 0) is 136 Å². The van der Waals surface area contributed by atoms with Crippen molar-refractivity contribution in [2.45, 2.75) is 79.2 Å². The maximum atomic E-state index is 7.07. The molecule has 0 aliphatic carbocycles. The molecule has 0 unspecified atom stereocenters. The number of nitrogens with zero attached hydrogens (tertiary/aromatic N) is 3. The predicted octanol–water partition coefficient (Wildman–Crippen LogP) is 8.56. The van der Waals surface area contributed by atoms with Gasteiger partial charge in [-0.1, -0.05) is 132 Å². The largest absolute Gasteiger partial charge is 0.456 e. The van der Waals surface area contributed by atoms with E-state index in [-0.39, 0.29) is 50.9 Å². The quantitative estimate of drug-likeness (QED) is 0.107. The Balaban J connectivity index is 1.11. The van der Waals surface area contributed by atoms with Gasteiger partial charge >= 0.3 is 0 Å². The van der Waals surface area contributed by atoms with Gasteiger partial charge in [-0.2, -0.15) is 0 Å². The molecule has 2 aliphatic heterocycles. The smallest absolute Gasteiger partial charge is 0.252 e. The van der Waals surface area contributed by atoms with Crippen LogP contribution in [0, 0.1) is 0 Å². The Bertz CT molecular complexity index is 3900. The highest BCUT2D eigenvalue weighted by atomic mass is 16.3. The average molecular weight is 977 g/mol. The van der Waals surface area contributed by atoms with Crippen molar-refractivity contribution in [3.05, 3.63) is 179 Å². The molecule has 0 fully saturated rings. The van der Waals surface area contributed by atoms with Gasteiger partial charge in [0, 0.05) is 62.3 Å². The third-order valence-corrected chi connectivity index (χ3v) is 15.5. The molecular formula is C64H53B9N3O. The lowest BCUT2D eigenvalue weighted by atomic mass is 9.33. The number of furan rings is 1. The van der Waals surface area contributed by atoms with Crippen LogP contribution in [-0.4, -0.2) is 75.0 Å². The Morgan fingerprint density at radius 3 is 1.82 bits per heavy atom. The molecule has 3 heterocycles. The summed E-state index contributed by atoms with van der Waals surface area (Å²) >= 11 is 0. The minimum Gasteiger partial charge on any atom is -0.456 e. The van der Waals surface area contributed by atoms with E-state index in [9.17, 15) is 0 Å². The van der Waals surface area contributed by atoms with E-state index in [0.29, 0.717) is 22.1 Å². The summed E-state index contributed by atoms with van der Waals surface area (Å²) in [7, 11) is 47.8. The first kappa shape index (κ1) is 52.1. The topological polar surface area (TPSA) is 22.9 Å². The van der Waals surface area contributed by atoms with Crippen LogP contribution < -0.4 is 58.4 Å². The molecule has 0 amide bonds. The lowest BCUT2D eigenvalue weighted by molar-refractivity contribution is 0.590. The van der Waals surface area contributed by atoms with Crippen LogP contribution in [0.3, 0.4) is 0 Å². The summed E-state index contributed by atoms with van der Waals surface area (Å²) in [6.07, 6.45) is 0. The standard InChI is InChI=1S/C64H53B9N3O/c1-35(2)74(62-59(71)57(69)56(68)58(70)60(62)72-34-46(66)55(67)36(3)65)43-27-29-47-52(33-43)76(42-25-20-39(21-26-42)63(4,5)6)51-15-12-14-50-61(51)73(47)48-32-40(64(7,8)9)22-30-49(48)75(50)41-23-17-37(18-24-41)38-19-28-45-44-13-10-11-16-53(44)77-54(45)31-38/h10-35H,1-9H3/b46-34-,55-36-. The highest BCUT2D eigenvalue weighted by molar-refractivity contribution is 7.00. The van der Waals surface area contributed by atoms with Gasteiger partial charge in [0.05, 0.1) is 0 Å². The summed E-state index contributed by atoms with van der Waals surface area (Å²) in [5, 5.41) is 2.23. The zero-order valence-electron chi connectivity index (χ0n) is 45.5. The first-order valence-electron chi connectivity index (χ1n) is 26.3. The second-order valence-corrected chi connectivity index (χ2v) is 23.0. The molecule has 77 heavy (non-hydrogen) atoms. The molecule has 1 aromatic heterocycles. The number of anilines is 8. The molecule has 357 valence electrons. The Kier molecular flexibility index (Phi) is 13.2. The monoisotopic (exact) mass is 979 g/mol. The summed E-state index contributed by atoms with van der Waals surface area (Å²) in [5.41, 5.74) is 20.2. The fourth-order valence-electron chi connectivity index (χ4n) is 11.4. The van der Waals surface area contributed by atoms with Crippen LogP contribution in [0.5, 0.6) is 0 Å². The predicted molar refractivity (Wildman–Crippen MR) is 339 cm³/mol. The van der Waals surface area contributed by atoms with Gasteiger partial charge in [0.15, 0.2) is 7.28 Å². The van der Waals surface area contributed by atoms with Gasteiger partial charge in [0.1, 0.15) is 66.1 Å². The van der Waals surface area contributed by atoms with E-state index >= 15 is 0 Å². The second-order valence-electron chi connectivity index (χ2n) is 23.0. The first-order chi connectivity index (χ1) is 36.6. The molecule has 4 nitrogen and oxygen atoms in total. The molecule has 0 bridgehead atoms. The minimum atomic E-state index is -0.151. The van der Waals surface area contributed by atoms with E-state index in [1.54, 1.807) is 20.2 Å². The zero-order valence-corrected chi connectivity index (χ0v) is 45.5. The molecule has 15 radical (unpaired) electrons. The van der Waals surface area contributed by atoms with Crippen molar-refractivity contribution in [1.29, 1.82) is 0 Å². The Morgan fingerprint density at radius 2 is 1.17 bits per heavy atom. The molecule has 11 rings (SSSR count). The van der Waals surface area contributed by atoms with Gasteiger partial charge in [0.25, 0.3) is 6.71 Å². The van der Waals surface area contributed by atoms with Gasteiger partial charge in [-0.25, -0.2) is 0 Å². The minimum absolute atomic E-state index is 0.0482. The van der Waals surface area contributed by atoms with Crippen LogP contribution in [0.15, 0.2) is 172 Å². The normalized spacial score (nSPS) is 13.7. The maximum absolute atomic E-state index is 7.07. The van der Waals surface area contributed by atoms with Gasteiger partial charge in [-0.3, -0.25) is 0 Å². The molecule has 8 aromatic carbocycles. The molecule has 2 aliphatic rings. The SMILES string of the molecule is [B]/C(C)=C([B])/C([B])=C/[B]c1c([B])c([B])c([B])c([B])c1N(c1ccc2c(c1)N(c1ccc(C(C)(C)C)cc1)c1cccc3c1B2c1cc(C(C)(C)C)ccc1N3c1ccc(-c2ccc3c(c2)oc2ccccc23)cc1)C(C)C. The van der Waals surface area contributed by atoms with E-state index in [1.807, 2.05) is 12.1 Å². The van der Waals surface area contributed by atoms with E-state index in [2.05, 4.69) is 204 Å². The van der Waals surface area contributed by atoms with Crippen LogP contribution >= 0.6 is 0 Å². The van der Waals surface area contributed by atoms with Crippen LogP contribution in [0.25, 0.3) is 33.1 Å². The third-order valence-electron chi connectivity index (χ3n) is 15.5. The van der Waals surface area contributed by atoms with E-state index < -0.39 is 0 Å². The third kappa shape index (κ3) is 8.96. The highest BCUT2D eigenvalue weighted by Gasteiger charge is 2.44. The number of allylic oxidation sites excluding steroid dienone is 3. The van der Waals surface area contributed by atoms with Gasteiger partial charge in [-0.15, -0.1) is 38.8 Å². The summed E-state index contributed by atoms with van der Waals surface area (Å²) in [6.45, 7) is 19.4. The number of fused-ring (bicyclic) bond motifs is 7. The van der Waals surface area contributed by atoms with Gasteiger partial charge < -0.3 is 19.1 Å². The summed E-state index contributed by atoms with van der Waals surface area (Å²) in [4.78, 5) is 7.04. The summed E-state index contributed by atoms with van der Waals surface area (Å²) in [6, 6.07) is 53.0. The van der Waals surface area contributed by atoms with E-state index in [0.717, 1.165) is 78.3 Å². The average Bonchev–Trinajstić information content (AvgIpc) is 3.79. The first-order valence-corrected chi connectivity index (χ1v) is 26.3. The number of para-hydroxylation sites is 1. The van der Waals surface area contributed by atoms with Crippen molar-refractivity contribution in [3.8, 4) is 11.1 Å². The lowest BCUT2D eigenvalue weighted by Gasteiger charge is -2.45. The fourth-order valence-corrected chi connectivity index (χ4v) is 11.4. The van der Waals surface area contributed by atoms with Crippen LogP contribution in [0.4, 0.5) is 45.5 Å². The number of hydrogen-bond donors (Lipinski definition) is 0. The fraction of sp³-hybridized carbons (Fsp3) is 0.188. The van der Waals surface area contributed by atoms with Crippen molar-refractivity contribution in [3.63, 3.8) is 0 Å². The summed E-state index contributed by atoms with van der Waals surface area (Å²) < 4.78 is 6.32. The molecule has 0 spiro atoms. The van der Waals surface area contributed by atoms with Crippen molar-refractivity contribution in [2.75, 3.05) is 14.7 Å². The second kappa shape index (κ2) is 19.5. The molecular weight excluding hydrogens is 924 g/mol. The van der Waals surface area contributed by atoms with Crippen molar-refractivity contribution in [2.24, 2.45) is 0 Å². The van der Waals surface area contributed by atoms with E-state index in [1.165, 1.54) is 22.1 Å². The molecule has 9 aromatic rings. The lowest BCUT2D eigenvalue weighted by Crippen LogP contribution is -2.61. The highest BCUT2D eigenvalue weighted by Crippen LogP contribution is 2.46.